The molecular weight excluding hydrogens is 317 g/mol. The van der Waals surface area contributed by atoms with Gasteiger partial charge in [0.1, 0.15) is 0 Å². The molecule has 1 aromatic rings. The predicted molar refractivity (Wildman–Crippen MR) is 82.7 cm³/mol. The maximum atomic E-state index is 12.8. The molecule has 0 aliphatic carbocycles. The minimum Gasteiger partial charge on any atom is -0.348 e. The fourth-order valence-corrected chi connectivity index (χ4v) is 1.98. The number of carbonyl (C=O) groups is 1. The van der Waals surface area contributed by atoms with Gasteiger partial charge in [-0.1, -0.05) is 26.0 Å². The molecule has 0 fully saturated rings. The van der Waals surface area contributed by atoms with Gasteiger partial charge in [0.2, 0.25) is 5.91 Å². The van der Waals surface area contributed by atoms with Crippen LogP contribution in [-0.4, -0.2) is 11.9 Å². The topological polar surface area (TPSA) is 55.1 Å². The zero-order valence-corrected chi connectivity index (χ0v) is 13.6. The monoisotopic (exact) mass is 338 g/mol. The van der Waals surface area contributed by atoms with Gasteiger partial charge in [0.05, 0.1) is 17.6 Å². The van der Waals surface area contributed by atoms with Crippen LogP contribution in [0.15, 0.2) is 24.3 Å². The molecule has 1 aromatic carbocycles. The molecule has 0 heterocycles. The van der Waals surface area contributed by atoms with E-state index in [0.717, 1.165) is 12.1 Å². The average molecular weight is 339 g/mol. The molecule has 3 N–H and O–H groups in total. The first-order chi connectivity index (χ1) is 9.61. The van der Waals surface area contributed by atoms with Gasteiger partial charge in [-0.25, -0.2) is 0 Å². The number of nitrogens with two attached hydrogens (primary N) is 1. The minimum atomic E-state index is -4.40. The Bertz CT molecular complexity index is 490. The lowest BCUT2D eigenvalue weighted by Crippen LogP contribution is -2.40. The molecule has 0 aromatic heterocycles. The molecule has 0 bridgehead atoms. The fraction of sp³-hybridized carbons (Fsp3) is 0.533. The van der Waals surface area contributed by atoms with E-state index in [9.17, 15) is 18.0 Å². The molecule has 1 unspecified atom stereocenters. The fourth-order valence-electron chi connectivity index (χ4n) is 1.98. The zero-order chi connectivity index (χ0) is 16.2. The van der Waals surface area contributed by atoms with E-state index in [-0.39, 0.29) is 24.2 Å². The van der Waals surface area contributed by atoms with Crippen LogP contribution in [0, 0.1) is 5.92 Å². The summed E-state index contributed by atoms with van der Waals surface area (Å²) in [6.07, 6.45) is -3.86. The molecule has 3 nitrogen and oxygen atoms in total. The smallest absolute Gasteiger partial charge is 0.348 e. The molecule has 2 atom stereocenters. The summed E-state index contributed by atoms with van der Waals surface area (Å²) < 4.78 is 38.3. The summed E-state index contributed by atoms with van der Waals surface area (Å²) in [5.41, 5.74) is 5.22. The highest BCUT2D eigenvalue weighted by Crippen LogP contribution is 2.32. The average Bonchev–Trinajstić information content (AvgIpc) is 2.36. The first-order valence-electron chi connectivity index (χ1n) is 6.84. The van der Waals surface area contributed by atoms with Gasteiger partial charge in [-0.05, 0) is 37.0 Å². The lowest BCUT2D eigenvalue weighted by molar-refractivity contribution is -0.137. The summed E-state index contributed by atoms with van der Waals surface area (Å²) in [7, 11) is 0. The van der Waals surface area contributed by atoms with Crippen LogP contribution in [0.1, 0.15) is 44.4 Å². The van der Waals surface area contributed by atoms with Crippen molar-refractivity contribution in [2.24, 2.45) is 11.7 Å². The molecular formula is C15H22ClF3N2O. The van der Waals surface area contributed by atoms with Crippen molar-refractivity contribution in [3.8, 4) is 0 Å². The lowest BCUT2D eigenvalue weighted by Gasteiger charge is -2.23. The second kappa shape index (κ2) is 8.39. The van der Waals surface area contributed by atoms with Crippen molar-refractivity contribution >= 4 is 18.3 Å². The van der Waals surface area contributed by atoms with Crippen LogP contribution in [0.5, 0.6) is 0 Å². The van der Waals surface area contributed by atoms with Gasteiger partial charge in [0.15, 0.2) is 0 Å². The SMILES string of the molecule is CC(C)CC(NC(=O)[C@H](C)N)c1cccc(C(F)(F)F)c1.Cl. The lowest BCUT2D eigenvalue weighted by atomic mass is 9.95. The third kappa shape index (κ3) is 6.23. The first kappa shape index (κ1) is 20.7. The van der Waals surface area contributed by atoms with Crippen molar-refractivity contribution in [1.82, 2.24) is 5.32 Å². The number of amides is 1. The Morgan fingerprint density at radius 1 is 1.27 bits per heavy atom. The summed E-state index contributed by atoms with van der Waals surface area (Å²) in [6, 6.07) is 3.85. The number of nitrogens with one attached hydrogen (secondary N) is 1. The van der Waals surface area contributed by atoms with Gasteiger partial charge < -0.3 is 11.1 Å². The van der Waals surface area contributed by atoms with Crippen molar-refractivity contribution < 1.29 is 18.0 Å². The van der Waals surface area contributed by atoms with Gasteiger partial charge in [0.25, 0.3) is 0 Å². The van der Waals surface area contributed by atoms with Crippen LogP contribution >= 0.6 is 12.4 Å². The number of hydrogen-bond donors (Lipinski definition) is 2. The quantitative estimate of drug-likeness (QED) is 0.860. The van der Waals surface area contributed by atoms with Crippen molar-refractivity contribution in [1.29, 1.82) is 0 Å². The highest BCUT2D eigenvalue weighted by atomic mass is 35.5. The molecule has 126 valence electrons. The van der Waals surface area contributed by atoms with E-state index in [1.807, 2.05) is 13.8 Å². The Morgan fingerprint density at radius 3 is 2.32 bits per heavy atom. The van der Waals surface area contributed by atoms with Gasteiger partial charge in [0, 0.05) is 0 Å². The molecule has 1 amide bonds. The van der Waals surface area contributed by atoms with Crippen molar-refractivity contribution in [3.63, 3.8) is 0 Å². The van der Waals surface area contributed by atoms with Gasteiger partial charge >= 0.3 is 6.18 Å². The highest BCUT2D eigenvalue weighted by Gasteiger charge is 2.31. The summed E-state index contributed by atoms with van der Waals surface area (Å²) >= 11 is 0. The van der Waals surface area contributed by atoms with E-state index < -0.39 is 23.8 Å². The van der Waals surface area contributed by atoms with Crippen LogP contribution in [0.3, 0.4) is 0 Å². The summed E-state index contributed by atoms with van der Waals surface area (Å²) in [4.78, 5) is 11.7. The summed E-state index contributed by atoms with van der Waals surface area (Å²) in [5.74, 6) is -0.156. The maximum Gasteiger partial charge on any atom is 0.416 e. The molecule has 0 saturated heterocycles. The standard InChI is InChI=1S/C15H21F3N2O.ClH/c1-9(2)7-13(20-14(21)10(3)19)11-5-4-6-12(8-11)15(16,17)18;/h4-6,8-10,13H,7,19H2,1-3H3,(H,20,21);1H/t10-,13?;/m0./s1. The third-order valence-electron chi connectivity index (χ3n) is 3.05. The normalized spacial score (nSPS) is 14.2. The van der Waals surface area contributed by atoms with Crippen molar-refractivity contribution in [3.05, 3.63) is 35.4 Å². The molecule has 1 rings (SSSR count). The molecule has 0 radical (unpaired) electrons. The van der Waals surface area contributed by atoms with Crippen molar-refractivity contribution in [2.75, 3.05) is 0 Å². The number of benzene rings is 1. The Labute approximate surface area is 134 Å². The van der Waals surface area contributed by atoms with E-state index >= 15 is 0 Å². The Balaban J connectivity index is 0.00000441. The summed E-state index contributed by atoms with van der Waals surface area (Å²) in [5, 5.41) is 2.71. The Kier molecular flexibility index (Phi) is 7.90. The van der Waals surface area contributed by atoms with Gasteiger partial charge in [-0.3, -0.25) is 4.79 Å². The summed E-state index contributed by atoms with van der Waals surface area (Å²) in [6.45, 7) is 5.42. The Hall–Kier alpha value is -1.27. The van der Waals surface area contributed by atoms with Gasteiger partial charge in [-0.2, -0.15) is 13.2 Å². The second-order valence-corrected chi connectivity index (χ2v) is 5.60. The Morgan fingerprint density at radius 2 is 1.86 bits per heavy atom. The molecule has 7 heteroatoms. The number of halogens is 4. The molecule has 0 aliphatic heterocycles. The van der Waals surface area contributed by atoms with E-state index in [1.165, 1.54) is 13.0 Å². The molecule has 0 saturated carbocycles. The van der Waals surface area contributed by atoms with E-state index in [0.29, 0.717) is 12.0 Å². The number of carbonyl (C=O) groups excluding carboxylic acids is 1. The first-order valence-corrected chi connectivity index (χ1v) is 6.84. The zero-order valence-electron chi connectivity index (χ0n) is 12.8. The third-order valence-corrected chi connectivity index (χ3v) is 3.05. The number of hydrogen-bond acceptors (Lipinski definition) is 2. The maximum absolute atomic E-state index is 12.8. The van der Waals surface area contributed by atoms with Crippen LogP contribution in [0.4, 0.5) is 13.2 Å². The second-order valence-electron chi connectivity index (χ2n) is 5.60. The largest absolute Gasteiger partial charge is 0.416 e. The molecule has 22 heavy (non-hydrogen) atoms. The van der Waals surface area contributed by atoms with Crippen molar-refractivity contribution in [2.45, 2.75) is 45.5 Å². The van der Waals surface area contributed by atoms with E-state index in [2.05, 4.69) is 5.32 Å². The number of alkyl halides is 3. The van der Waals surface area contributed by atoms with Crippen LogP contribution < -0.4 is 11.1 Å². The van der Waals surface area contributed by atoms with Crippen LogP contribution in [0.2, 0.25) is 0 Å². The van der Waals surface area contributed by atoms with E-state index in [4.69, 9.17) is 5.73 Å². The molecule has 0 spiro atoms. The minimum absolute atomic E-state index is 0. The van der Waals surface area contributed by atoms with Crippen LogP contribution in [0.25, 0.3) is 0 Å². The number of rotatable bonds is 5. The predicted octanol–water partition coefficient (Wildman–Crippen LogP) is 3.68. The van der Waals surface area contributed by atoms with E-state index in [1.54, 1.807) is 6.07 Å². The highest BCUT2D eigenvalue weighted by molar-refractivity contribution is 5.85. The van der Waals surface area contributed by atoms with Crippen LogP contribution in [-0.2, 0) is 11.0 Å². The van der Waals surface area contributed by atoms with Gasteiger partial charge in [-0.15, -0.1) is 12.4 Å². The molecule has 0 aliphatic rings.